The van der Waals surface area contributed by atoms with E-state index >= 15 is 0 Å². The first-order valence-electron chi connectivity index (χ1n) is 6.20. The minimum Gasteiger partial charge on any atom is -0.386 e. The van der Waals surface area contributed by atoms with E-state index in [0.717, 1.165) is 25.0 Å². The third-order valence-corrected chi connectivity index (χ3v) is 3.23. The molecule has 0 bridgehead atoms. The second-order valence-corrected chi connectivity index (χ2v) is 4.46. The molecule has 0 aliphatic heterocycles. The van der Waals surface area contributed by atoms with Crippen LogP contribution >= 0.6 is 0 Å². The van der Waals surface area contributed by atoms with Crippen LogP contribution in [0.1, 0.15) is 43.4 Å². The summed E-state index contributed by atoms with van der Waals surface area (Å²) in [4.78, 5) is 0. The van der Waals surface area contributed by atoms with Crippen molar-refractivity contribution in [3.05, 3.63) is 35.4 Å². The van der Waals surface area contributed by atoms with E-state index < -0.39 is 6.10 Å². The third-order valence-electron chi connectivity index (χ3n) is 3.23. The molecule has 16 heavy (non-hydrogen) atoms. The van der Waals surface area contributed by atoms with Crippen LogP contribution in [0, 0.1) is 0 Å². The molecule has 1 N–H and O–H groups in total. The lowest BCUT2D eigenvalue weighted by Gasteiger charge is -2.15. The van der Waals surface area contributed by atoms with Gasteiger partial charge < -0.3 is 9.84 Å². The molecule has 1 aliphatic carbocycles. The first kappa shape index (κ1) is 11.6. The summed E-state index contributed by atoms with van der Waals surface area (Å²) in [5.74, 6) is 0. The lowest BCUT2D eigenvalue weighted by atomic mass is 10.1. The van der Waals surface area contributed by atoms with E-state index in [0.29, 0.717) is 0 Å². The van der Waals surface area contributed by atoms with Crippen LogP contribution < -0.4 is 0 Å². The maximum atomic E-state index is 10.1. The fourth-order valence-electron chi connectivity index (χ4n) is 2.27. The van der Waals surface area contributed by atoms with Crippen molar-refractivity contribution in [2.45, 2.75) is 44.8 Å². The predicted molar refractivity (Wildman–Crippen MR) is 64.4 cm³/mol. The Morgan fingerprint density at radius 1 is 1.31 bits per heavy atom. The fourth-order valence-corrected chi connectivity index (χ4v) is 2.27. The van der Waals surface area contributed by atoms with Crippen molar-refractivity contribution in [3.8, 4) is 0 Å². The van der Waals surface area contributed by atoms with E-state index in [4.69, 9.17) is 4.74 Å². The van der Waals surface area contributed by atoms with Crippen LogP contribution in [0.5, 0.6) is 0 Å². The predicted octanol–water partition coefficient (Wildman–Crippen LogP) is 2.85. The van der Waals surface area contributed by atoms with Crippen molar-refractivity contribution in [3.63, 3.8) is 0 Å². The first-order valence-corrected chi connectivity index (χ1v) is 6.20. The molecular weight excluding hydrogens is 200 g/mol. The highest BCUT2D eigenvalue weighted by Gasteiger charge is 2.30. The van der Waals surface area contributed by atoms with E-state index in [-0.39, 0.29) is 6.10 Å². The number of ether oxygens (including phenoxy) is 1. The molecule has 2 heteroatoms. The van der Waals surface area contributed by atoms with Crippen molar-refractivity contribution in [2.75, 3.05) is 6.61 Å². The largest absolute Gasteiger partial charge is 0.386 e. The maximum Gasteiger partial charge on any atom is 0.106 e. The van der Waals surface area contributed by atoms with Gasteiger partial charge in [0.2, 0.25) is 0 Å². The molecule has 2 nitrogen and oxygen atoms in total. The summed E-state index contributed by atoms with van der Waals surface area (Å²) in [6.45, 7) is 2.95. The standard InChI is InChI=1S/C14H20O2/c1-2-3-6-9-16-13-10-11-7-4-5-8-12(11)14(13)15/h4-5,7-8,13-15H,2-3,6,9-10H2,1H3. The summed E-state index contributed by atoms with van der Waals surface area (Å²) in [5, 5.41) is 10.1. The molecule has 0 saturated carbocycles. The van der Waals surface area contributed by atoms with Crippen LogP contribution in [-0.4, -0.2) is 17.8 Å². The Hall–Kier alpha value is -0.860. The Bertz CT molecular complexity index is 335. The average Bonchev–Trinajstić information content (AvgIpc) is 2.63. The minimum absolute atomic E-state index is 0.0331. The van der Waals surface area contributed by atoms with E-state index in [9.17, 15) is 5.11 Å². The Labute approximate surface area is 97.3 Å². The molecule has 1 aromatic carbocycles. The zero-order valence-electron chi connectivity index (χ0n) is 9.86. The highest BCUT2D eigenvalue weighted by atomic mass is 16.5. The van der Waals surface area contributed by atoms with Gasteiger partial charge >= 0.3 is 0 Å². The number of benzene rings is 1. The number of fused-ring (bicyclic) bond motifs is 1. The molecule has 2 atom stereocenters. The Morgan fingerprint density at radius 2 is 2.12 bits per heavy atom. The fraction of sp³-hybridized carbons (Fsp3) is 0.571. The zero-order chi connectivity index (χ0) is 11.4. The SMILES string of the molecule is CCCCCOC1Cc2ccccc2C1O. The normalized spacial score (nSPS) is 23.4. The molecule has 0 saturated heterocycles. The van der Waals surface area contributed by atoms with Crippen LogP contribution in [-0.2, 0) is 11.2 Å². The summed E-state index contributed by atoms with van der Waals surface area (Å²) in [6.07, 6.45) is 3.89. The molecule has 88 valence electrons. The number of rotatable bonds is 5. The molecule has 1 aliphatic rings. The molecule has 2 rings (SSSR count). The van der Waals surface area contributed by atoms with Gasteiger partial charge in [0.15, 0.2) is 0 Å². The number of unbranched alkanes of at least 4 members (excludes halogenated alkanes) is 2. The summed E-state index contributed by atoms with van der Waals surface area (Å²) >= 11 is 0. The van der Waals surface area contributed by atoms with E-state index in [1.807, 2.05) is 18.2 Å². The van der Waals surface area contributed by atoms with Crippen LogP contribution in [0.2, 0.25) is 0 Å². The van der Waals surface area contributed by atoms with Crippen molar-refractivity contribution < 1.29 is 9.84 Å². The van der Waals surface area contributed by atoms with Gasteiger partial charge in [0.1, 0.15) is 6.10 Å². The van der Waals surface area contributed by atoms with Gasteiger partial charge in [-0.2, -0.15) is 0 Å². The van der Waals surface area contributed by atoms with Crippen LogP contribution in [0.25, 0.3) is 0 Å². The molecule has 2 unspecified atom stereocenters. The van der Waals surface area contributed by atoms with Gasteiger partial charge in [0, 0.05) is 13.0 Å². The van der Waals surface area contributed by atoms with Crippen molar-refractivity contribution >= 4 is 0 Å². The number of aliphatic hydroxyl groups excluding tert-OH is 1. The second kappa shape index (κ2) is 5.46. The molecule has 0 spiro atoms. The smallest absolute Gasteiger partial charge is 0.106 e. The van der Waals surface area contributed by atoms with Crippen molar-refractivity contribution in [1.29, 1.82) is 0 Å². The summed E-state index contributed by atoms with van der Waals surface area (Å²) in [5.41, 5.74) is 2.28. The van der Waals surface area contributed by atoms with Gasteiger partial charge in [-0.25, -0.2) is 0 Å². The summed E-state index contributed by atoms with van der Waals surface area (Å²) < 4.78 is 5.75. The van der Waals surface area contributed by atoms with Gasteiger partial charge in [-0.3, -0.25) is 0 Å². The van der Waals surface area contributed by atoms with Crippen molar-refractivity contribution in [1.82, 2.24) is 0 Å². The lowest BCUT2D eigenvalue weighted by Crippen LogP contribution is -2.18. The highest BCUT2D eigenvalue weighted by molar-refractivity contribution is 5.35. The van der Waals surface area contributed by atoms with Gasteiger partial charge in [-0.05, 0) is 17.5 Å². The zero-order valence-corrected chi connectivity index (χ0v) is 9.86. The lowest BCUT2D eigenvalue weighted by molar-refractivity contribution is -0.0288. The molecule has 0 radical (unpaired) electrons. The highest BCUT2D eigenvalue weighted by Crippen LogP contribution is 2.32. The Balaban J connectivity index is 1.87. The molecule has 0 heterocycles. The maximum absolute atomic E-state index is 10.1. The quantitative estimate of drug-likeness (QED) is 0.773. The topological polar surface area (TPSA) is 29.5 Å². The van der Waals surface area contributed by atoms with Crippen LogP contribution in [0.15, 0.2) is 24.3 Å². The Kier molecular flexibility index (Phi) is 3.97. The second-order valence-electron chi connectivity index (χ2n) is 4.46. The molecule has 1 aromatic rings. The first-order chi connectivity index (χ1) is 7.83. The number of hydrogen-bond acceptors (Lipinski definition) is 2. The molecular formula is C14H20O2. The van der Waals surface area contributed by atoms with Gasteiger partial charge in [0.05, 0.1) is 6.10 Å². The van der Waals surface area contributed by atoms with Crippen molar-refractivity contribution in [2.24, 2.45) is 0 Å². The average molecular weight is 220 g/mol. The summed E-state index contributed by atoms with van der Waals surface area (Å²) in [7, 11) is 0. The van der Waals surface area contributed by atoms with E-state index in [1.54, 1.807) is 0 Å². The van der Waals surface area contributed by atoms with Gasteiger partial charge in [0.25, 0.3) is 0 Å². The van der Waals surface area contributed by atoms with E-state index in [1.165, 1.54) is 18.4 Å². The summed E-state index contributed by atoms with van der Waals surface area (Å²) in [6, 6.07) is 8.07. The number of aliphatic hydroxyl groups is 1. The number of hydrogen-bond donors (Lipinski definition) is 1. The van der Waals surface area contributed by atoms with Gasteiger partial charge in [-0.1, -0.05) is 44.0 Å². The van der Waals surface area contributed by atoms with Gasteiger partial charge in [-0.15, -0.1) is 0 Å². The third kappa shape index (κ3) is 2.45. The Morgan fingerprint density at radius 3 is 2.88 bits per heavy atom. The monoisotopic (exact) mass is 220 g/mol. The van der Waals surface area contributed by atoms with Crippen LogP contribution in [0.3, 0.4) is 0 Å². The molecule has 0 amide bonds. The molecule has 0 fully saturated rings. The van der Waals surface area contributed by atoms with Crippen LogP contribution in [0.4, 0.5) is 0 Å². The minimum atomic E-state index is -0.433. The molecule has 0 aromatic heterocycles. The van der Waals surface area contributed by atoms with E-state index in [2.05, 4.69) is 13.0 Å².